The highest BCUT2D eigenvalue weighted by molar-refractivity contribution is 6.45. The Hall–Kier alpha value is -3.02. The fourth-order valence-corrected chi connectivity index (χ4v) is 1.16. The molecule has 0 radical (unpaired) electrons. The highest BCUT2D eigenvalue weighted by Gasteiger charge is 2.16. The van der Waals surface area contributed by atoms with E-state index < -0.39 is 34.7 Å². The van der Waals surface area contributed by atoms with Gasteiger partial charge in [0.15, 0.2) is 11.7 Å². The number of nitrogens with one attached hydrogen (secondary N) is 2. The molecule has 0 spiro atoms. The number of nitriles is 1. The number of halogens is 2. The summed E-state index contributed by atoms with van der Waals surface area (Å²) in [5, 5.41) is 19.0. The zero-order valence-electron chi connectivity index (χ0n) is 10.2. The molecular weight excluding hydrogens is 272 g/mol. The van der Waals surface area contributed by atoms with Crippen molar-refractivity contribution in [3.63, 3.8) is 0 Å². The van der Waals surface area contributed by atoms with Crippen LogP contribution in [0.1, 0.15) is 10.4 Å². The van der Waals surface area contributed by atoms with Crippen molar-refractivity contribution in [3.8, 4) is 6.07 Å². The molecule has 9 heteroatoms. The number of rotatable bonds is 4. The molecule has 0 saturated carbocycles. The SMILES string of the molecule is COC(=O)c1cc(N/N=C(\C#N)C(=N)N)c(F)cc1F. The Balaban J connectivity index is 3.17. The van der Waals surface area contributed by atoms with E-state index in [0.29, 0.717) is 6.07 Å². The number of amidine groups is 1. The minimum Gasteiger partial charge on any atom is -0.465 e. The van der Waals surface area contributed by atoms with Crippen molar-refractivity contribution in [2.75, 3.05) is 12.5 Å². The van der Waals surface area contributed by atoms with Gasteiger partial charge in [-0.1, -0.05) is 0 Å². The molecule has 0 unspecified atom stereocenters. The summed E-state index contributed by atoms with van der Waals surface area (Å²) in [5.74, 6) is -3.77. The molecule has 0 aromatic heterocycles. The number of hydrogen-bond acceptors (Lipinski definition) is 6. The van der Waals surface area contributed by atoms with E-state index >= 15 is 0 Å². The molecule has 20 heavy (non-hydrogen) atoms. The molecule has 0 atom stereocenters. The Labute approximate surface area is 112 Å². The molecule has 1 aromatic carbocycles. The summed E-state index contributed by atoms with van der Waals surface area (Å²) in [6.07, 6.45) is 0. The van der Waals surface area contributed by atoms with Crippen LogP contribution in [-0.4, -0.2) is 24.6 Å². The molecule has 0 bridgehead atoms. The summed E-state index contributed by atoms with van der Waals surface area (Å²) in [6.45, 7) is 0. The molecule has 104 valence electrons. The van der Waals surface area contributed by atoms with Crippen molar-refractivity contribution in [3.05, 3.63) is 29.3 Å². The largest absolute Gasteiger partial charge is 0.465 e. The second-order valence-corrected chi connectivity index (χ2v) is 3.40. The number of carbonyl (C=O) groups is 1. The van der Waals surface area contributed by atoms with E-state index in [0.717, 1.165) is 13.2 Å². The maximum Gasteiger partial charge on any atom is 0.340 e. The maximum absolute atomic E-state index is 13.5. The van der Waals surface area contributed by atoms with Crippen LogP contribution in [0.25, 0.3) is 0 Å². The minimum atomic E-state index is -1.10. The summed E-state index contributed by atoms with van der Waals surface area (Å²) in [6, 6.07) is 2.79. The summed E-state index contributed by atoms with van der Waals surface area (Å²) >= 11 is 0. The van der Waals surface area contributed by atoms with E-state index in [2.05, 4.69) is 15.3 Å². The van der Waals surface area contributed by atoms with E-state index in [9.17, 15) is 13.6 Å². The number of hydrogen-bond donors (Lipinski definition) is 3. The van der Waals surface area contributed by atoms with E-state index in [1.54, 1.807) is 0 Å². The van der Waals surface area contributed by atoms with Crippen LogP contribution in [0.15, 0.2) is 17.2 Å². The van der Waals surface area contributed by atoms with Gasteiger partial charge in [0.05, 0.1) is 18.4 Å². The topological polar surface area (TPSA) is 124 Å². The van der Waals surface area contributed by atoms with Gasteiger partial charge in [-0.05, 0) is 6.07 Å². The Morgan fingerprint density at radius 2 is 2.15 bits per heavy atom. The van der Waals surface area contributed by atoms with Crippen molar-refractivity contribution in [1.82, 2.24) is 0 Å². The third-order valence-electron chi connectivity index (χ3n) is 2.11. The Morgan fingerprint density at radius 3 is 2.65 bits per heavy atom. The molecule has 0 aliphatic rings. The fraction of sp³-hybridized carbons (Fsp3) is 0.0909. The molecule has 1 rings (SSSR count). The van der Waals surface area contributed by atoms with E-state index in [4.69, 9.17) is 16.4 Å². The number of anilines is 1. The van der Waals surface area contributed by atoms with E-state index in [1.807, 2.05) is 0 Å². The monoisotopic (exact) mass is 281 g/mol. The molecule has 4 N–H and O–H groups in total. The minimum absolute atomic E-state index is 0.374. The van der Waals surface area contributed by atoms with Crippen molar-refractivity contribution in [2.24, 2.45) is 10.8 Å². The summed E-state index contributed by atoms with van der Waals surface area (Å²) < 4.78 is 31.1. The zero-order valence-corrected chi connectivity index (χ0v) is 10.2. The first-order chi connectivity index (χ1) is 9.40. The van der Waals surface area contributed by atoms with Crippen molar-refractivity contribution >= 4 is 23.2 Å². The lowest BCUT2D eigenvalue weighted by molar-refractivity contribution is 0.0595. The third-order valence-corrected chi connectivity index (χ3v) is 2.11. The van der Waals surface area contributed by atoms with Gasteiger partial charge >= 0.3 is 5.97 Å². The Kier molecular flexibility index (Phi) is 4.69. The van der Waals surface area contributed by atoms with Gasteiger partial charge < -0.3 is 10.5 Å². The predicted molar refractivity (Wildman–Crippen MR) is 66.3 cm³/mol. The highest BCUT2D eigenvalue weighted by atomic mass is 19.1. The number of benzene rings is 1. The number of ether oxygens (including phenoxy) is 1. The summed E-state index contributed by atoms with van der Waals surface area (Å²) in [5.41, 5.74) is 5.75. The van der Waals surface area contributed by atoms with Crippen LogP contribution in [0.3, 0.4) is 0 Å². The first-order valence-electron chi connectivity index (χ1n) is 5.06. The van der Waals surface area contributed by atoms with Gasteiger partial charge in [-0.3, -0.25) is 10.8 Å². The molecule has 0 fully saturated rings. The molecule has 0 aliphatic heterocycles. The van der Waals surface area contributed by atoms with Gasteiger partial charge in [0.25, 0.3) is 0 Å². The van der Waals surface area contributed by atoms with Gasteiger partial charge in [-0.15, -0.1) is 0 Å². The lowest BCUT2D eigenvalue weighted by Gasteiger charge is -2.06. The number of methoxy groups -OCH3 is 1. The van der Waals surface area contributed by atoms with Gasteiger partial charge in [0, 0.05) is 6.07 Å². The number of nitrogens with two attached hydrogens (primary N) is 1. The Bertz CT molecular complexity index is 636. The number of nitrogens with zero attached hydrogens (tertiary/aromatic N) is 2. The molecule has 7 nitrogen and oxygen atoms in total. The second kappa shape index (κ2) is 6.24. The standard InChI is InChI=1S/C11H9F2N5O2/c1-20-11(19)5-2-8(7(13)3-6(5)12)17-18-9(4-14)10(15)16/h2-3,17H,1H3,(H3,15,16)/b18-9+. The normalized spacial score (nSPS) is 10.6. The van der Waals surface area contributed by atoms with Crippen LogP contribution >= 0.6 is 0 Å². The maximum atomic E-state index is 13.5. The van der Waals surface area contributed by atoms with Crippen LogP contribution < -0.4 is 11.2 Å². The number of esters is 1. The average molecular weight is 281 g/mol. The van der Waals surface area contributed by atoms with Crippen LogP contribution in [-0.2, 0) is 4.74 Å². The van der Waals surface area contributed by atoms with Gasteiger partial charge in [-0.2, -0.15) is 10.4 Å². The molecule has 0 saturated heterocycles. The predicted octanol–water partition coefficient (Wildman–Crippen LogP) is 0.979. The third kappa shape index (κ3) is 3.26. The van der Waals surface area contributed by atoms with E-state index in [-0.39, 0.29) is 5.69 Å². The molecule has 1 aromatic rings. The van der Waals surface area contributed by atoms with Crippen molar-refractivity contribution in [2.45, 2.75) is 0 Å². The van der Waals surface area contributed by atoms with Crippen molar-refractivity contribution < 1.29 is 18.3 Å². The molecule has 0 heterocycles. The fourth-order valence-electron chi connectivity index (χ4n) is 1.16. The number of hydrazone groups is 1. The summed E-state index contributed by atoms with van der Waals surface area (Å²) in [7, 11) is 1.04. The van der Waals surface area contributed by atoms with Gasteiger partial charge in [-0.25, -0.2) is 13.6 Å². The lowest BCUT2D eigenvalue weighted by atomic mass is 10.2. The van der Waals surface area contributed by atoms with Gasteiger partial charge in [0.1, 0.15) is 11.9 Å². The van der Waals surface area contributed by atoms with Crippen LogP contribution in [0.5, 0.6) is 0 Å². The van der Waals surface area contributed by atoms with Crippen molar-refractivity contribution in [1.29, 1.82) is 10.7 Å². The van der Waals surface area contributed by atoms with Crippen LogP contribution in [0.4, 0.5) is 14.5 Å². The zero-order chi connectivity index (χ0) is 15.3. The first-order valence-corrected chi connectivity index (χ1v) is 5.06. The highest BCUT2D eigenvalue weighted by Crippen LogP contribution is 2.20. The van der Waals surface area contributed by atoms with Crippen LogP contribution in [0, 0.1) is 28.4 Å². The van der Waals surface area contributed by atoms with Gasteiger partial charge in [0.2, 0.25) is 5.71 Å². The van der Waals surface area contributed by atoms with Crippen LogP contribution in [0.2, 0.25) is 0 Å². The Morgan fingerprint density at radius 1 is 1.50 bits per heavy atom. The smallest absolute Gasteiger partial charge is 0.340 e. The average Bonchev–Trinajstić information content (AvgIpc) is 2.40. The number of carbonyl (C=O) groups excluding carboxylic acids is 1. The molecule has 0 aliphatic carbocycles. The quantitative estimate of drug-likeness (QED) is 0.328. The van der Waals surface area contributed by atoms with E-state index in [1.165, 1.54) is 6.07 Å². The first kappa shape index (κ1) is 15.0. The molecule has 0 amide bonds. The second-order valence-electron chi connectivity index (χ2n) is 3.40. The molecular formula is C11H9F2N5O2. The summed E-state index contributed by atoms with van der Waals surface area (Å²) in [4.78, 5) is 11.2. The lowest BCUT2D eigenvalue weighted by Crippen LogP contribution is -2.22.